The lowest BCUT2D eigenvalue weighted by atomic mass is 10.1. The first-order chi connectivity index (χ1) is 12.7. The molecular formula is C20H26N4O2. The Hall–Kier alpha value is -2.44. The average molecular weight is 354 g/mol. The first-order valence-electron chi connectivity index (χ1n) is 9.08. The van der Waals surface area contributed by atoms with Gasteiger partial charge in [0.1, 0.15) is 5.82 Å². The average Bonchev–Trinajstić information content (AvgIpc) is 2.69. The highest BCUT2D eigenvalue weighted by atomic mass is 16.5. The van der Waals surface area contributed by atoms with Gasteiger partial charge in [-0.25, -0.2) is 4.98 Å². The molecule has 1 aromatic heterocycles. The molecule has 1 saturated heterocycles. The third-order valence-corrected chi connectivity index (χ3v) is 4.51. The number of nitrogens with zero attached hydrogens (tertiary/aromatic N) is 2. The molecule has 2 heterocycles. The lowest BCUT2D eigenvalue weighted by Gasteiger charge is -2.26. The molecule has 2 aromatic rings. The lowest BCUT2D eigenvalue weighted by molar-refractivity contribution is 0.0398. The molecule has 1 fully saturated rings. The second kappa shape index (κ2) is 9.31. The maximum atomic E-state index is 12.5. The summed E-state index contributed by atoms with van der Waals surface area (Å²) in [6.45, 7) is 7.24. The Bertz CT molecular complexity index is 702. The van der Waals surface area contributed by atoms with Crippen molar-refractivity contribution in [3.8, 4) is 0 Å². The van der Waals surface area contributed by atoms with Gasteiger partial charge in [0.15, 0.2) is 0 Å². The van der Waals surface area contributed by atoms with Crippen molar-refractivity contribution in [2.24, 2.45) is 0 Å². The van der Waals surface area contributed by atoms with Gasteiger partial charge in [-0.05, 0) is 24.6 Å². The van der Waals surface area contributed by atoms with E-state index in [0.29, 0.717) is 5.56 Å². The number of hydrogen-bond acceptors (Lipinski definition) is 5. The number of nitrogens with one attached hydrogen (secondary N) is 2. The SMILES string of the molecule is CC(NC(=O)c1ccnc(NCCN2CCOCC2)c1)c1ccccc1. The van der Waals surface area contributed by atoms with Gasteiger partial charge in [-0.1, -0.05) is 30.3 Å². The van der Waals surface area contributed by atoms with Gasteiger partial charge in [-0.2, -0.15) is 0 Å². The molecule has 1 atom stereocenters. The van der Waals surface area contributed by atoms with Gasteiger partial charge >= 0.3 is 0 Å². The summed E-state index contributed by atoms with van der Waals surface area (Å²) in [5.74, 6) is 0.623. The molecule has 6 nitrogen and oxygen atoms in total. The maximum Gasteiger partial charge on any atom is 0.251 e. The first kappa shape index (κ1) is 18.4. The van der Waals surface area contributed by atoms with Crippen LogP contribution in [0.25, 0.3) is 0 Å². The highest BCUT2D eigenvalue weighted by Gasteiger charge is 2.13. The lowest BCUT2D eigenvalue weighted by Crippen LogP contribution is -2.39. The Morgan fingerprint density at radius 3 is 2.77 bits per heavy atom. The minimum Gasteiger partial charge on any atom is -0.379 e. The van der Waals surface area contributed by atoms with Gasteiger partial charge in [-0.15, -0.1) is 0 Å². The van der Waals surface area contributed by atoms with E-state index < -0.39 is 0 Å². The molecule has 3 rings (SSSR count). The largest absolute Gasteiger partial charge is 0.379 e. The van der Waals surface area contributed by atoms with Crippen LogP contribution in [0.4, 0.5) is 5.82 Å². The van der Waals surface area contributed by atoms with Gasteiger partial charge in [0.25, 0.3) is 5.91 Å². The smallest absolute Gasteiger partial charge is 0.251 e. The molecule has 138 valence electrons. The number of anilines is 1. The summed E-state index contributed by atoms with van der Waals surface area (Å²) in [7, 11) is 0. The molecule has 26 heavy (non-hydrogen) atoms. The monoisotopic (exact) mass is 354 g/mol. The van der Waals surface area contributed by atoms with E-state index in [2.05, 4.69) is 20.5 Å². The molecule has 0 spiro atoms. The first-order valence-corrected chi connectivity index (χ1v) is 9.08. The molecule has 0 radical (unpaired) electrons. The number of amides is 1. The molecule has 1 aliphatic rings. The van der Waals surface area contributed by atoms with Crippen LogP contribution >= 0.6 is 0 Å². The summed E-state index contributed by atoms with van der Waals surface area (Å²) in [6, 6.07) is 13.4. The fourth-order valence-electron chi connectivity index (χ4n) is 2.94. The number of carbonyl (C=O) groups is 1. The standard InChI is InChI=1S/C20H26N4O2/c1-16(17-5-3-2-4-6-17)23-20(25)18-7-8-21-19(15-18)22-9-10-24-11-13-26-14-12-24/h2-8,15-16H,9-14H2,1H3,(H,21,22)(H,23,25). The topological polar surface area (TPSA) is 66.5 Å². The van der Waals surface area contributed by atoms with Gasteiger partial charge in [0, 0.05) is 37.9 Å². The molecule has 0 aliphatic carbocycles. The highest BCUT2D eigenvalue weighted by Crippen LogP contribution is 2.13. The predicted octanol–water partition coefficient (Wildman–Crippen LogP) is 2.32. The molecule has 1 amide bonds. The molecule has 1 aromatic carbocycles. The van der Waals surface area contributed by atoms with Crippen molar-refractivity contribution in [1.82, 2.24) is 15.2 Å². The Morgan fingerprint density at radius 1 is 1.23 bits per heavy atom. The molecule has 0 bridgehead atoms. The van der Waals surface area contributed by atoms with Gasteiger partial charge < -0.3 is 15.4 Å². The summed E-state index contributed by atoms with van der Waals surface area (Å²) in [4.78, 5) is 19.2. The van der Waals surface area contributed by atoms with Gasteiger partial charge in [0.2, 0.25) is 0 Å². The van der Waals surface area contributed by atoms with Crippen LogP contribution in [0.15, 0.2) is 48.7 Å². The molecule has 1 unspecified atom stereocenters. The third kappa shape index (κ3) is 5.28. The van der Waals surface area contributed by atoms with E-state index in [4.69, 9.17) is 4.74 Å². The minimum atomic E-state index is -0.0972. The molecule has 6 heteroatoms. The fraction of sp³-hybridized carbons (Fsp3) is 0.400. The van der Waals surface area contributed by atoms with Crippen molar-refractivity contribution in [3.63, 3.8) is 0 Å². The number of hydrogen-bond donors (Lipinski definition) is 2. The Kier molecular flexibility index (Phi) is 6.57. The summed E-state index contributed by atoms with van der Waals surface area (Å²) < 4.78 is 5.35. The Labute approximate surface area is 154 Å². The minimum absolute atomic E-state index is 0.0467. The molecule has 0 saturated carbocycles. The van der Waals surface area contributed by atoms with Crippen LogP contribution in [0.5, 0.6) is 0 Å². The van der Waals surface area contributed by atoms with Crippen molar-refractivity contribution in [1.29, 1.82) is 0 Å². The van der Waals surface area contributed by atoms with Gasteiger partial charge in [0.05, 0.1) is 19.3 Å². The second-order valence-corrected chi connectivity index (χ2v) is 6.42. The van der Waals surface area contributed by atoms with Crippen molar-refractivity contribution < 1.29 is 9.53 Å². The molecular weight excluding hydrogens is 328 g/mol. The maximum absolute atomic E-state index is 12.5. The van der Waals surface area contributed by atoms with E-state index in [9.17, 15) is 4.79 Å². The van der Waals surface area contributed by atoms with Crippen molar-refractivity contribution in [2.45, 2.75) is 13.0 Å². The Morgan fingerprint density at radius 2 is 2.00 bits per heavy atom. The van der Waals surface area contributed by atoms with Crippen LogP contribution < -0.4 is 10.6 Å². The van der Waals surface area contributed by atoms with Crippen LogP contribution in [0.1, 0.15) is 28.9 Å². The van der Waals surface area contributed by atoms with E-state index in [1.807, 2.05) is 37.3 Å². The summed E-state index contributed by atoms with van der Waals surface area (Å²) >= 11 is 0. The zero-order valence-electron chi connectivity index (χ0n) is 15.1. The third-order valence-electron chi connectivity index (χ3n) is 4.51. The van der Waals surface area contributed by atoms with Crippen molar-refractivity contribution >= 4 is 11.7 Å². The number of aromatic nitrogens is 1. The van der Waals surface area contributed by atoms with E-state index in [-0.39, 0.29) is 11.9 Å². The number of rotatable bonds is 7. The highest BCUT2D eigenvalue weighted by molar-refractivity contribution is 5.95. The van der Waals surface area contributed by atoms with Crippen LogP contribution in [0.2, 0.25) is 0 Å². The van der Waals surface area contributed by atoms with Crippen LogP contribution in [-0.4, -0.2) is 55.2 Å². The van der Waals surface area contributed by atoms with Crippen molar-refractivity contribution in [2.75, 3.05) is 44.7 Å². The number of benzene rings is 1. The van der Waals surface area contributed by atoms with Crippen LogP contribution in [0, 0.1) is 0 Å². The van der Waals surface area contributed by atoms with Crippen molar-refractivity contribution in [3.05, 3.63) is 59.8 Å². The van der Waals surface area contributed by atoms with E-state index in [1.165, 1.54) is 0 Å². The number of carbonyl (C=O) groups excluding carboxylic acids is 1. The second-order valence-electron chi connectivity index (χ2n) is 6.42. The Balaban J connectivity index is 1.51. The zero-order chi connectivity index (χ0) is 18.2. The number of ether oxygens (including phenoxy) is 1. The quantitative estimate of drug-likeness (QED) is 0.799. The van der Waals surface area contributed by atoms with Crippen LogP contribution in [-0.2, 0) is 4.74 Å². The van der Waals surface area contributed by atoms with Crippen LogP contribution in [0.3, 0.4) is 0 Å². The normalized spacial score (nSPS) is 16.0. The number of morpholine rings is 1. The molecule has 2 N–H and O–H groups in total. The van der Waals surface area contributed by atoms with Gasteiger partial charge in [-0.3, -0.25) is 9.69 Å². The van der Waals surface area contributed by atoms with E-state index in [1.54, 1.807) is 18.3 Å². The molecule has 1 aliphatic heterocycles. The summed E-state index contributed by atoms with van der Waals surface area (Å²) in [5, 5.41) is 6.33. The summed E-state index contributed by atoms with van der Waals surface area (Å²) in [5.41, 5.74) is 1.69. The fourth-order valence-corrected chi connectivity index (χ4v) is 2.94. The van der Waals surface area contributed by atoms with E-state index >= 15 is 0 Å². The van der Waals surface area contributed by atoms with E-state index in [0.717, 1.165) is 50.8 Å². The number of pyridine rings is 1. The zero-order valence-corrected chi connectivity index (χ0v) is 15.1. The predicted molar refractivity (Wildman–Crippen MR) is 102 cm³/mol. The summed E-state index contributed by atoms with van der Waals surface area (Å²) in [6.07, 6.45) is 1.67.